The lowest BCUT2D eigenvalue weighted by Gasteiger charge is -1.99. The van der Waals surface area contributed by atoms with Gasteiger partial charge in [-0.3, -0.25) is 4.98 Å². The van der Waals surface area contributed by atoms with E-state index in [1.54, 1.807) is 18.7 Å². The van der Waals surface area contributed by atoms with Crippen LogP contribution in [-0.2, 0) is 0 Å². The summed E-state index contributed by atoms with van der Waals surface area (Å²) in [4.78, 5) is 15.4. The molecule has 3 aromatic heterocycles. The van der Waals surface area contributed by atoms with Crippen molar-refractivity contribution in [1.82, 2.24) is 19.9 Å². The van der Waals surface area contributed by atoms with Gasteiger partial charge in [-0.1, -0.05) is 60.7 Å². The fourth-order valence-electron chi connectivity index (χ4n) is 3.10. The van der Waals surface area contributed by atoms with E-state index in [9.17, 15) is 0 Å². The molecule has 0 bridgehead atoms. The number of aromatic nitrogens is 4. The molecule has 6 rings (SSSR count). The first kappa shape index (κ1) is 19.3. The summed E-state index contributed by atoms with van der Waals surface area (Å²) in [5.74, 6) is 0. The summed E-state index contributed by atoms with van der Waals surface area (Å²) in [6.45, 7) is 2.01. The number of rotatable bonds is 0. The lowest BCUT2D eigenvalue weighted by molar-refractivity contribution is 1.26. The molecule has 1 N–H and O–H groups in total. The van der Waals surface area contributed by atoms with Crippen LogP contribution in [0.4, 0.5) is 0 Å². The highest BCUT2D eigenvalue weighted by molar-refractivity contribution is 5.92. The van der Waals surface area contributed by atoms with Gasteiger partial charge in [0.25, 0.3) is 0 Å². The molecule has 0 saturated heterocycles. The molecule has 0 saturated carbocycles. The van der Waals surface area contributed by atoms with Gasteiger partial charge in [0.15, 0.2) is 0 Å². The summed E-state index contributed by atoms with van der Waals surface area (Å²) in [5, 5.41) is 3.61. The third kappa shape index (κ3) is 4.86. The smallest absolute Gasteiger partial charge is 0.0919 e. The third-order valence-corrected chi connectivity index (χ3v) is 4.57. The minimum Gasteiger partial charge on any atom is -0.351 e. The monoisotopic (exact) mass is 390 g/mol. The summed E-state index contributed by atoms with van der Waals surface area (Å²) >= 11 is 0. The lowest BCUT2D eigenvalue weighted by Crippen LogP contribution is -1.80. The molecular formula is C26H22N4. The van der Waals surface area contributed by atoms with Gasteiger partial charge in [0.2, 0.25) is 0 Å². The Labute approximate surface area is 175 Å². The van der Waals surface area contributed by atoms with Crippen LogP contribution in [0.5, 0.6) is 0 Å². The number of nitrogens with zero attached hydrogens (tertiary/aromatic N) is 3. The summed E-state index contributed by atoms with van der Waals surface area (Å²) < 4.78 is 0. The maximum absolute atomic E-state index is 4.58. The Morgan fingerprint density at radius 1 is 0.600 bits per heavy atom. The van der Waals surface area contributed by atoms with Crippen LogP contribution in [-0.4, -0.2) is 19.9 Å². The highest BCUT2D eigenvalue weighted by Crippen LogP contribution is 2.18. The van der Waals surface area contributed by atoms with Crippen LogP contribution in [0, 0.1) is 6.92 Å². The predicted molar refractivity (Wildman–Crippen MR) is 124 cm³/mol. The van der Waals surface area contributed by atoms with E-state index in [2.05, 4.69) is 50.3 Å². The molecule has 146 valence electrons. The Bertz CT molecular complexity index is 1240. The zero-order valence-corrected chi connectivity index (χ0v) is 16.7. The Kier molecular flexibility index (Phi) is 6.06. The maximum atomic E-state index is 4.58. The van der Waals surface area contributed by atoms with E-state index in [1.807, 2.05) is 67.6 Å². The Balaban J connectivity index is 0.000000121. The van der Waals surface area contributed by atoms with Crippen molar-refractivity contribution in [2.45, 2.75) is 6.92 Å². The zero-order valence-electron chi connectivity index (χ0n) is 16.7. The van der Waals surface area contributed by atoms with E-state index in [-0.39, 0.29) is 0 Å². The molecule has 3 heterocycles. The maximum Gasteiger partial charge on any atom is 0.0919 e. The van der Waals surface area contributed by atoms with Gasteiger partial charge in [-0.25, -0.2) is 9.97 Å². The second-order valence-corrected chi connectivity index (χ2v) is 6.78. The van der Waals surface area contributed by atoms with Crippen molar-refractivity contribution in [3.8, 4) is 0 Å². The van der Waals surface area contributed by atoms with Crippen LogP contribution in [0.2, 0.25) is 0 Å². The van der Waals surface area contributed by atoms with Crippen molar-refractivity contribution in [3.05, 3.63) is 115 Å². The highest BCUT2D eigenvalue weighted by Gasteiger charge is 1.96. The zero-order chi connectivity index (χ0) is 20.6. The van der Waals surface area contributed by atoms with Crippen molar-refractivity contribution in [3.63, 3.8) is 0 Å². The van der Waals surface area contributed by atoms with Crippen molar-refractivity contribution in [1.29, 1.82) is 0 Å². The molecule has 0 radical (unpaired) electrons. The second kappa shape index (κ2) is 9.43. The SMILES string of the molecule is Cc1ccc2ccccc2n1.c1c[nH]cn1.c1ccc2nc3ccccc3cc2c1. The number of fused-ring (bicyclic) bond motifs is 3. The molecule has 3 aromatic carbocycles. The minimum absolute atomic E-state index is 1.06. The number of hydrogen-bond donors (Lipinski definition) is 1. The van der Waals surface area contributed by atoms with E-state index in [1.165, 1.54) is 16.2 Å². The van der Waals surface area contributed by atoms with Gasteiger partial charge in [-0.2, -0.15) is 0 Å². The van der Waals surface area contributed by atoms with Crippen molar-refractivity contribution >= 4 is 32.7 Å². The van der Waals surface area contributed by atoms with Crippen molar-refractivity contribution < 1.29 is 0 Å². The van der Waals surface area contributed by atoms with Crippen LogP contribution in [0.15, 0.2) is 110 Å². The van der Waals surface area contributed by atoms with Gasteiger partial charge in [-0.05, 0) is 37.3 Å². The van der Waals surface area contributed by atoms with Crippen LogP contribution >= 0.6 is 0 Å². The van der Waals surface area contributed by atoms with E-state index >= 15 is 0 Å². The average Bonchev–Trinajstić information content (AvgIpc) is 3.38. The van der Waals surface area contributed by atoms with Crippen LogP contribution < -0.4 is 0 Å². The molecule has 6 aromatic rings. The van der Waals surface area contributed by atoms with Crippen LogP contribution in [0.1, 0.15) is 5.69 Å². The standard InChI is InChI=1S/C13H9N.C10H9N.C3H4N2/c1-3-7-12-10(5-1)9-11-6-2-4-8-13(11)14-12;1-8-6-7-9-4-2-3-5-10(9)11-8;1-2-5-3-4-1/h1-9H;2-7H,1H3;1-3H,(H,4,5). The number of aryl methyl sites for hydroxylation is 1. The fourth-order valence-corrected chi connectivity index (χ4v) is 3.10. The molecule has 0 aliphatic heterocycles. The Morgan fingerprint density at radius 2 is 1.17 bits per heavy atom. The van der Waals surface area contributed by atoms with Gasteiger partial charge in [0, 0.05) is 34.2 Å². The molecule has 0 spiro atoms. The summed E-state index contributed by atoms with van der Waals surface area (Å²) in [5.41, 5.74) is 4.27. The second-order valence-electron chi connectivity index (χ2n) is 6.78. The topological polar surface area (TPSA) is 54.5 Å². The molecule has 0 amide bonds. The van der Waals surface area contributed by atoms with E-state index < -0.39 is 0 Å². The lowest BCUT2D eigenvalue weighted by atomic mass is 10.1. The average molecular weight is 390 g/mol. The number of para-hydroxylation sites is 3. The van der Waals surface area contributed by atoms with Crippen LogP contribution in [0.3, 0.4) is 0 Å². The first-order valence-corrected chi connectivity index (χ1v) is 9.79. The highest BCUT2D eigenvalue weighted by atomic mass is 14.8. The Morgan fingerprint density at radius 3 is 1.70 bits per heavy atom. The van der Waals surface area contributed by atoms with Crippen molar-refractivity contribution in [2.24, 2.45) is 0 Å². The number of pyridine rings is 2. The molecule has 0 aliphatic rings. The molecule has 0 aliphatic carbocycles. The molecular weight excluding hydrogens is 368 g/mol. The summed E-state index contributed by atoms with van der Waals surface area (Å²) in [7, 11) is 0. The molecule has 0 unspecified atom stereocenters. The Hall–Kier alpha value is -4.05. The molecule has 30 heavy (non-hydrogen) atoms. The fraction of sp³-hybridized carbons (Fsp3) is 0.0385. The van der Waals surface area contributed by atoms with Gasteiger partial charge in [-0.15, -0.1) is 0 Å². The molecule has 4 nitrogen and oxygen atoms in total. The quantitative estimate of drug-likeness (QED) is 0.308. The minimum atomic E-state index is 1.06. The van der Waals surface area contributed by atoms with Gasteiger partial charge >= 0.3 is 0 Å². The number of H-pyrrole nitrogens is 1. The van der Waals surface area contributed by atoms with Gasteiger partial charge in [0.05, 0.1) is 22.9 Å². The number of imidazole rings is 1. The van der Waals surface area contributed by atoms with Crippen LogP contribution in [0.25, 0.3) is 32.7 Å². The van der Waals surface area contributed by atoms with E-state index in [4.69, 9.17) is 0 Å². The normalized spacial score (nSPS) is 10.2. The molecule has 0 fully saturated rings. The first-order chi connectivity index (χ1) is 14.8. The molecule has 0 atom stereocenters. The van der Waals surface area contributed by atoms with Gasteiger partial charge < -0.3 is 4.98 Å². The van der Waals surface area contributed by atoms with E-state index in [0.717, 1.165) is 22.2 Å². The van der Waals surface area contributed by atoms with Gasteiger partial charge in [0.1, 0.15) is 0 Å². The molecule has 4 heteroatoms. The summed E-state index contributed by atoms with van der Waals surface area (Å²) in [6, 6.07) is 30.8. The summed E-state index contributed by atoms with van der Waals surface area (Å²) in [6.07, 6.45) is 5.08. The predicted octanol–water partition coefficient (Wildman–Crippen LogP) is 6.34. The number of aromatic amines is 1. The van der Waals surface area contributed by atoms with Crippen molar-refractivity contribution in [2.75, 3.05) is 0 Å². The first-order valence-electron chi connectivity index (χ1n) is 9.79. The number of nitrogens with one attached hydrogen (secondary N) is 1. The van der Waals surface area contributed by atoms with E-state index in [0.29, 0.717) is 0 Å². The number of hydrogen-bond acceptors (Lipinski definition) is 3. The largest absolute Gasteiger partial charge is 0.351 e. The third-order valence-electron chi connectivity index (χ3n) is 4.57. The number of benzene rings is 3.